The number of amides is 1. The van der Waals surface area contributed by atoms with E-state index in [4.69, 9.17) is 0 Å². The monoisotopic (exact) mass is 426 g/mol. The van der Waals surface area contributed by atoms with E-state index in [0.29, 0.717) is 11.8 Å². The summed E-state index contributed by atoms with van der Waals surface area (Å²) in [5.74, 6) is -1.54. The van der Waals surface area contributed by atoms with Gasteiger partial charge in [0.05, 0.1) is 17.4 Å². The number of sulfonamides is 1. The van der Waals surface area contributed by atoms with Gasteiger partial charge in [-0.2, -0.15) is 0 Å². The normalized spacial score (nSPS) is 11.8. The molecule has 1 heterocycles. The van der Waals surface area contributed by atoms with Crippen molar-refractivity contribution in [2.45, 2.75) is 11.3 Å². The van der Waals surface area contributed by atoms with Crippen molar-refractivity contribution in [1.29, 1.82) is 0 Å². The van der Waals surface area contributed by atoms with Gasteiger partial charge in [-0.3, -0.25) is 14.8 Å². The zero-order valence-electron chi connectivity index (χ0n) is 14.4. The number of halogens is 3. The number of hydrogen-bond acceptors (Lipinski definition) is 5. The van der Waals surface area contributed by atoms with Crippen LogP contribution in [0.25, 0.3) is 5.69 Å². The predicted octanol–water partition coefficient (Wildman–Crippen LogP) is 2.39. The van der Waals surface area contributed by atoms with E-state index >= 15 is 0 Å². The van der Waals surface area contributed by atoms with Gasteiger partial charge in [0.2, 0.25) is 0 Å². The van der Waals surface area contributed by atoms with E-state index < -0.39 is 32.9 Å². The van der Waals surface area contributed by atoms with Crippen LogP contribution in [0.5, 0.6) is 5.75 Å². The van der Waals surface area contributed by atoms with Gasteiger partial charge in [0.25, 0.3) is 15.9 Å². The van der Waals surface area contributed by atoms with Gasteiger partial charge in [-0.1, -0.05) is 24.3 Å². The summed E-state index contributed by atoms with van der Waals surface area (Å²) in [5.41, 5.74) is 2.66. The molecule has 0 unspecified atom stereocenters. The van der Waals surface area contributed by atoms with Gasteiger partial charge in [-0.15, -0.1) is 18.0 Å². The molecule has 3 rings (SSSR count). The van der Waals surface area contributed by atoms with Crippen LogP contribution in [0, 0.1) is 0 Å². The van der Waals surface area contributed by atoms with Crippen molar-refractivity contribution in [2.75, 3.05) is 0 Å². The second-order valence-corrected chi connectivity index (χ2v) is 7.25. The Morgan fingerprint density at radius 3 is 2.48 bits per heavy atom. The number of para-hydroxylation sites is 1. The summed E-state index contributed by atoms with van der Waals surface area (Å²) in [6, 6.07) is 12.5. The number of nitrogens with zero attached hydrogens (tertiary/aromatic N) is 2. The Hall–Kier alpha value is -3.38. The number of rotatable bonds is 6. The van der Waals surface area contributed by atoms with E-state index in [1.165, 1.54) is 17.1 Å². The van der Waals surface area contributed by atoms with Gasteiger partial charge in [-0.05, 0) is 24.3 Å². The number of imidazole rings is 1. The highest BCUT2D eigenvalue weighted by atomic mass is 32.2. The second-order valence-electron chi connectivity index (χ2n) is 5.57. The van der Waals surface area contributed by atoms with Crippen molar-refractivity contribution in [3.63, 3.8) is 0 Å². The van der Waals surface area contributed by atoms with E-state index in [1.54, 1.807) is 30.3 Å². The highest BCUT2D eigenvalue weighted by Crippen LogP contribution is 2.24. The molecule has 0 aliphatic carbocycles. The Labute approximate surface area is 163 Å². The van der Waals surface area contributed by atoms with Gasteiger partial charge in [-0.25, -0.2) is 13.4 Å². The van der Waals surface area contributed by atoms with E-state index in [-0.39, 0.29) is 5.69 Å². The third-order valence-electron chi connectivity index (χ3n) is 3.55. The Bertz CT molecular complexity index is 1110. The van der Waals surface area contributed by atoms with Gasteiger partial charge in [0.15, 0.2) is 0 Å². The van der Waals surface area contributed by atoms with E-state index in [0.717, 1.165) is 18.2 Å². The first-order chi connectivity index (χ1) is 13.7. The number of alkyl halides is 3. The third-order valence-corrected chi connectivity index (χ3v) is 4.80. The van der Waals surface area contributed by atoms with Crippen molar-refractivity contribution in [3.8, 4) is 11.4 Å². The molecule has 1 amide bonds. The van der Waals surface area contributed by atoms with Crippen molar-refractivity contribution < 1.29 is 31.1 Å². The zero-order chi connectivity index (χ0) is 21.1. The molecule has 0 aliphatic heterocycles. The first kappa shape index (κ1) is 20.4. The molecule has 0 saturated heterocycles. The third kappa shape index (κ3) is 5.12. The number of ether oxygens (including phenoxy) is 1. The fraction of sp³-hybridized carbons (Fsp3) is 0.0588. The fourth-order valence-corrected chi connectivity index (χ4v) is 3.21. The standard InChI is InChI=1S/C17H13F3N4O4S/c18-17(19,20)28-13-7-4-8-14(9-13)29(26,27)23-22-16(25)15-10-21-11-24(15)12-5-2-1-3-6-12/h1-11,23H,(H,22,25). The maximum atomic E-state index is 12.4. The van der Waals surface area contributed by atoms with Crippen LogP contribution in [0.2, 0.25) is 0 Å². The van der Waals surface area contributed by atoms with Crippen molar-refractivity contribution in [2.24, 2.45) is 0 Å². The predicted molar refractivity (Wildman–Crippen MR) is 94.5 cm³/mol. The maximum Gasteiger partial charge on any atom is 0.573 e. The highest BCUT2D eigenvalue weighted by Gasteiger charge is 2.31. The van der Waals surface area contributed by atoms with Crippen LogP contribution < -0.4 is 15.0 Å². The number of carbonyl (C=O) groups is 1. The molecule has 3 aromatic rings. The van der Waals surface area contributed by atoms with Crippen LogP contribution in [0.1, 0.15) is 10.5 Å². The summed E-state index contributed by atoms with van der Waals surface area (Å²) in [4.78, 5) is 17.5. The lowest BCUT2D eigenvalue weighted by Crippen LogP contribution is -2.42. The number of hydrogen-bond donors (Lipinski definition) is 2. The molecule has 0 saturated carbocycles. The fourth-order valence-electron chi connectivity index (χ4n) is 2.33. The van der Waals surface area contributed by atoms with Crippen molar-refractivity contribution in [1.82, 2.24) is 19.8 Å². The van der Waals surface area contributed by atoms with Crippen LogP contribution in [0.15, 0.2) is 72.0 Å². The average Bonchev–Trinajstić information content (AvgIpc) is 3.16. The Kier molecular flexibility index (Phi) is 5.57. The molecule has 2 N–H and O–H groups in total. The van der Waals surface area contributed by atoms with Gasteiger partial charge < -0.3 is 4.74 Å². The molecular formula is C17H13F3N4O4S. The second kappa shape index (κ2) is 7.93. The molecule has 0 aliphatic rings. The number of carbonyl (C=O) groups excluding carboxylic acids is 1. The summed E-state index contributed by atoms with van der Waals surface area (Å²) in [5, 5.41) is 0. The number of benzene rings is 2. The van der Waals surface area contributed by atoms with Crippen LogP contribution >= 0.6 is 0 Å². The van der Waals surface area contributed by atoms with E-state index in [1.807, 2.05) is 10.3 Å². The molecule has 1 aromatic heterocycles. The molecule has 12 heteroatoms. The molecule has 0 fully saturated rings. The largest absolute Gasteiger partial charge is 0.573 e. The first-order valence-corrected chi connectivity index (χ1v) is 9.40. The number of hydrazine groups is 1. The molecule has 0 bridgehead atoms. The molecule has 152 valence electrons. The lowest BCUT2D eigenvalue weighted by molar-refractivity contribution is -0.274. The zero-order valence-corrected chi connectivity index (χ0v) is 15.2. The molecule has 8 nitrogen and oxygen atoms in total. The lowest BCUT2D eigenvalue weighted by Gasteiger charge is -2.12. The maximum absolute atomic E-state index is 12.4. The number of aromatic nitrogens is 2. The average molecular weight is 426 g/mol. The first-order valence-electron chi connectivity index (χ1n) is 7.91. The minimum absolute atomic E-state index is 0.0352. The molecule has 29 heavy (non-hydrogen) atoms. The summed E-state index contributed by atoms with van der Waals surface area (Å²) in [6.07, 6.45) is -2.37. The Morgan fingerprint density at radius 1 is 1.07 bits per heavy atom. The molecular weight excluding hydrogens is 413 g/mol. The highest BCUT2D eigenvalue weighted by molar-refractivity contribution is 7.89. The summed E-state index contributed by atoms with van der Waals surface area (Å²) in [6.45, 7) is 0. The summed E-state index contributed by atoms with van der Waals surface area (Å²) >= 11 is 0. The van der Waals surface area contributed by atoms with E-state index in [9.17, 15) is 26.4 Å². The van der Waals surface area contributed by atoms with Crippen LogP contribution in [0.4, 0.5) is 13.2 Å². The smallest absolute Gasteiger partial charge is 0.406 e. The summed E-state index contributed by atoms with van der Waals surface area (Å²) < 4.78 is 66.6. The Morgan fingerprint density at radius 2 is 1.79 bits per heavy atom. The van der Waals surface area contributed by atoms with Crippen LogP contribution in [-0.4, -0.2) is 30.2 Å². The van der Waals surface area contributed by atoms with Gasteiger partial charge in [0, 0.05) is 11.8 Å². The molecule has 0 spiro atoms. The quantitative estimate of drug-likeness (QED) is 0.590. The SMILES string of the molecule is O=C(NNS(=O)(=O)c1cccc(OC(F)(F)F)c1)c1cncn1-c1ccccc1. The topological polar surface area (TPSA) is 102 Å². The van der Waals surface area contributed by atoms with Crippen molar-refractivity contribution >= 4 is 15.9 Å². The summed E-state index contributed by atoms with van der Waals surface area (Å²) in [7, 11) is -4.36. The molecule has 0 atom stereocenters. The van der Waals surface area contributed by atoms with Gasteiger partial charge in [0.1, 0.15) is 11.4 Å². The molecule has 0 radical (unpaired) electrons. The molecule has 2 aromatic carbocycles. The number of nitrogens with one attached hydrogen (secondary N) is 2. The Balaban J connectivity index is 1.74. The minimum Gasteiger partial charge on any atom is -0.406 e. The van der Waals surface area contributed by atoms with Crippen LogP contribution in [0.3, 0.4) is 0 Å². The van der Waals surface area contributed by atoms with E-state index in [2.05, 4.69) is 9.72 Å². The lowest BCUT2D eigenvalue weighted by atomic mass is 10.3. The van der Waals surface area contributed by atoms with Crippen LogP contribution in [-0.2, 0) is 10.0 Å². The minimum atomic E-state index is -4.97. The van der Waals surface area contributed by atoms with Crippen molar-refractivity contribution in [3.05, 3.63) is 72.8 Å². The van der Waals surface area contributed by atoms with Gasteiger partial charge >= 0.3 is 6.36 Å².